The van der Waals surface area contributed by atoms with Crippen LogP contribution in [-0.2, 0) is 11.3 Å². The van der Waals surface area contributed by atoms with Crippen LogP contribution in [0.5, 0.6) is 0 Å². The van der Waals surface area contributed by atoms with Crippen LogP contribution in [0.4, 0.5) is 0 Å². The predicted octanol–water partition coefficient (Wildman–Crippen LogP) is 2.70. The highest BCUT2D eigenvalue weighted by molar-refractivity contribution is 6.07. The van der Waals surface area contributed by atoms with E-state index in [0.717, 1.165) is 42.5 Å². The van der Waals surface area contributed by atoms with Gasteiger partial charge in [0.2, 0.25) is 0 Å². The summed E-state index contributed by atoms with van der Waals surface area (Å²) in [5.74, 6) is 0.691. The molecular formula is C20H29N3O2. The van der Waals surface area contributed by atoms with E-state index in [2.05, 4.69) is 36.6 Å². The van der Waals surface area contributed by atoms with Crippen molar-refractivity contribution in [3.8, 4) is 0 Å². The summed E-state index contributed by atoms with van der Waals surface area (Å²) in [6, 6.07) is 8.58. The Labute approximate surface area is 150 Å². The zero-order valence-electron chi connectivity index (χ0n) is 15.7. The van der Waals surface area contributed by atoms with Crippen molar-refractivity contribution in [3.63, 3.8) is 0 Å². The molecule has 5 heteroatoms. The molecule has 0 aliphatic carbocycles. The van der Waals surface area contributed by atoms with Crippen molar-refractivity contribution in [2.45, 2.75) is 25.9 Å². The number of benzene rings is 1. The Kier molecular flexibility index (Phi) is 5.45. The fourth-order valence-corrected chi connectivity index (χ4v) is 3.97. The predicted molar refractivity (Wildman–Crippen MR) is 101 cm³/mol. The molecule has 2 atom stereocenters. The van der Waals surface area contributed by atoms with Gasteiger partial charge in [0, 0.05) is 49.9 Å². The second-order valence-electron chi connectivity index (χ2n) is 7.16. The van der Waals surface area contributed by atoms with Gasteiger partial charge in [-0.1, -0.05) is 31.5 Å². The molecule has 1 saturated heterocycles. The van der Waals surface area contributed by atoms with Gasteiger partial charge in [-0.2, -0.15) is 0 Å². The van der Waals surface area contributed by atoms with Crippen molar-refractivity contribution in [1.29, 1.82) is 0 Å². The standard InChI is InChI=1S/C20H29N3O2/c1-5-15-12-23(14-19(15)21(2)3)20(24)17-13-22(10-11-25-4)18-9-7-6-8-16(17)18/h6-9,13,15,19H,5,10-12,14H2,1-4H3/t15-,19+/m1/s1. The van der Waals surface area contributed by atoms with Gasteiger partial charge in [-0.25, -0.2) is 0 Å². The van der Waals surface area contributed by atoms with Gasteiger partial charge in [0.1, 0.15) is 0 Å². The minimum atomic E-state index is 0.148. The third kappa shape index (κ3) is 3.44. The van der Waals surface area contributed by atoms with Crippen LogP contribution in [-0.4, -0.2) is 67.2 Å². The number of carbonyl (C=O) groups is 1. The number of amides is 1. The largest absolute Gasteiger partial charge is 0.383 e. The number of hydrogen-bond donors (Lipinski definition) is 0. The zero-order chi connectivity index (χ0) is 18.0. The number of para-hydroxylation sites is 1. The fraction of sp³-hybridized carbons (Fsp3) is 0.550. The zero-order valence-corrected chi connectivity index (χ0v) is 15.7. The minimum Gasteiger partial charge on any atom is -0.383 e. The van der Waals surface area contributed by atoms with E-state index in [1.54, 1.807) is 7.11 Å². The molecule has 136 valence electrons. The third-order valence-corrected chi connectivity index (χ3v) is 5.44. The SMILES string of the molecule is CC[C@@H]1CN(C(=O)c2cn(CCOC)c3ccccc23)C[C@@H]1N(C)C. The van der Waals surface area contributed by atoms with Crippen LogP contribution in [0.25, 0.3) is 10.9 Å². The van der Waals surface area contributed by atoms with E-state index >= 15 is 0 Å². The van der Waals surface area contributed by atoms with Crippen molar-refractivity contribution in [2.24, 2.45) is 5.92 Å². The highest BCUT2D eigenvalue weighted by atomic mass is 16.5. The summed E-state index contributed by atoms with van der Waals surface area (Å²) in [5.41, 5.74) is 1.90. The number of likely N-dealkylation sites (tertiary alicyclic amines) is 1. The Balaban J connectivity index is 1.90. The highest BCUT2D eigenvalue weighted by Crippen LogP contribution is 2.28. The summed E-state index contributed by atoms with van der Waals surface area (Å²) in [6.45, 7) is 5.25. The summed E-state index contributed by atoms with van der Waals surface area (Å²) in [4.78, 5) is 17.5. The Hall–Kier alpha value is -1.85. The number of fused-ring (bicyclic) bond motifs is 1. The Morgan fingerprint density at radius 1 is 1.28 bits per heavy atom. The number of ether oxygens (including phenoxy) is 1. The van der Waals surface area contributed by atoms with Gasteiger partial charge in [-0.15, -0.1) is 0 Å². The van der Waals surface area contributed by atoms with Crippen LogP contribution in [0.1, 0.15) is 23.7 Å². The molecule has 0 spiro atoms. The lowest BCUT2D eigenvalue weighted by atomic mass is 10.0. The van der Waals surface area contributed by atoms with Crippen molar-refractivity contribution in [1.82, 2.24) is 14.4 Å². The molecule has 2 aromatic rings. The van der Waals surface area contributed by atoms with Crippen LogP contribution in [0.3, 0.4) is 0 Å². The summed E-state index contributed by atoms with van der Waals surface area (Å²) in [5, 5.41) is 1.03. The van der Waals surface area contributed by atoms with E-state index < -0.39 is 0 Å². The summed E-state index contributed by atoms with van der Waals surface area (Å²) >= 11 is 0. The minimum absolute atomic E-state index is 0.148. The van der Waals surface area contributed by atoms with Crippen LogP contribution in [0.15, 0.2) is 30.5 Å². The molecule has 25 heavy (non-hydrogen) atoms. The Morgan fingerprint density at radius 2 is 2.04 bits per heavy atom. The number of nitrogens with zero attached hydrogens (tertiary/aromatic N) is 3. The number of carbonyl (C=O) groups excluding carboxylic acids is 1. The van der Waals surface area contributed by atoms with Crippen molar-refractivity contribution in [3.05, 3.63) is 36.0 Å². The summed E-state index contributed by atoms with van der Waals surface area (Å²) < 4.78 is 7.34. The van der Waals surface area contributed by atoms with Gasteiger partial charge in [-0.3, -0.25) is 4.79 Å². The number of hydrogen-bond acceptors (Lipinski definition) is 3. The van der Waals surface area contributed by atoms with Gasteiger partial charge in [0.15, 0.2) is 0 Å². The lowest BCUT2D eigenvalue weighted by Crippen LogP contribution is -2.36. The molecule has 1 fully saturated rings. The van der Waals surface area contributed by atoms with Gasteiger partial charge in [0.05, 0.1) is 12.2 Å². The van der Waals surface area contributed by atoms with Gasteiger partial charge in [0.25, 0.3) is 5.91 Å². The summed E-state index contributed by atoms with van der Waals surface area (Å²) in [6.07, 6.45) is 3.10. The van der Waals surface area contributed by atoms with E-state index in [1.165, 1.54) is 0 Å². The summed E-state index contributed by atoms with van der Waals surface area (Å²) in [7, 11) is 5.92. The van der Waals surface area contributed by atoms with Crippen LogP contribution >= 0.6 is 0 Å². The quantitative estimate of drug-likeness (QED) is 0.809. The van der Waals surface area contributed by atoms with Gasteiger partial charge < -0.3 is 19.1 Å². The maximum atomic E-state index is 13.2. The smallest absolute Gasteiger partial charge is 0.256 e. The molecule has 1 aliphatic heterocycles. The second kappa shape index (κ2) is 7.58. The molecule has 3 rings (SSSR count). The molecule has 1 aromatic carbocycles. The average Bonchev–Trinajstić information content (AvgIpc) is 3.21. The molecular weight excluding hydrogens is 314 g/mol. The maximum Gasteiger partial charge on any atom is 0.256 e. The van der Waals surface area contributed by atoms with Gasteiger partial charge in [-0.05, 0) is 26.1 Å². The normalized spacial score (nSPS) is 20.8. The molecule has 1 amide bonds. The highest BCUT2D eigenvalue weighted by Gasteiger charge is 2.36. The first-order valence-electron chi connectivity index (χ1n) is 9.09. The lowest BCUT2D eigenvalue weighted by molar-refractivity contribution is 0.0782. The molecule has 0 radical (unpaired) electrons. The number of methoxy groups -OCH3 is 1. The molecule has 0 unspecified atom stereocenters. The van der Waals surface area contributed by atoms with Crippen molar-refractivity contribution < 1.29 is 9.53 Å². The van der Waals surface area contributed by atoms with Gasteiger partial charge >= 0.3 is 0 Å². The van der Waals surface area contributed by atoms with E-state index in [0.29, 0.717) is 18.6 Å². The van der Waals surface area contributed by atoms with Crippen molar-refractivity contribution in [2.75, 3.05) is 40.9 Å². The maximum absolute atomic E-state index is 13.2. The first-order valence-corrected chi connectivity index (χ1v) is 9.09. The fourth-order valence-electron chi connectivity index (χ4n) is 3.97. The molecule has 1 aliphatic rings. The lowest BCUT2D eigenvalue weighted by Gasteiger charge is -2.23. The van der Waals surface area contributed by atoms with E-state index in [4.69, 9.17) is 4.74 Å². The molecule has 2 heterocycles. The first kappa shape index (κ1) is 18.0. The van der Waals surface area contributed by atoms with Crippen LogP contribution in [0.2, 0.25) is 0 Å². The number of aromatic nitrogens is 1. The van der Waals surface area contributed by atoms with Crippen LogP contribution < -0.4 is 0 Å². The van der Waals surface area contributed by atoms with E-state index in [9.17, 15) is 4.79 Å². The Bertz CT molecular complexity index is 738. The monoisotopic (exact) mass is 343 g/mol. The van der Waals surface area contributed by atoms with Crippen molar-refractivity contribution >= 4 is 16.8 Å². The molecule has 1 aromatic heterocycles. The average molecular weight is 343 g/mol. The van der Waals surface area contributed by atoms with E-state index in [-0.39, 0.29) is 5.91 Å². The molecule has 5 nitrogen and oxygen atoms in total. The van der Waals surface area contributed by atoms with E-state index in [1.807, 2.05) is 29.3 Å². The number of rotatable bonds is 6. The Morgan fingerprint density at radius 3 is 2.68 bits per heavy atom. The number of likely N-dealkylation sites (N-methyl/N-ethyl adjacent to an activating group) is 1. The molecule has 0 bridgehead atoms. The first-order chi connectivity index (χ1) is 12.1. The topological polar surface area (TPSA) is 37.7 Å². The van der Waals surface area contributed by atoms with Crippen LogP contribution in [0, 0.1) is 5.92 Å². The third-order valence-electron chi connectivity index (χ3n) is 5.44. The molecule has 0 saturated carbocycles. The molecule has 0 N–H and O–H groups in total. The second-order valence-corrected chi connectivity index (χ2v) is 7.16.